The Labute approximate surface area is 181 Å². The Balaban J connectivity index is 2.00. The minimum absolute atomic E-state index is 0.00858. The normalized spacial score (nSPS) is 13.5. The van der Waals surface area contributed by atoms with Crippen molar-refractivity contribution >= 4 is 18.0 Å². The summed E-state index contributed by atoms with van der Waals surface area (Å²) in [6.07, 6.45) is -2.10. The minimum Gasteiger partial charge on any atom is -0.480 e. The monoisotopic (exact) mass is 428 g/mol. The largest absolute Gasteiger partial charge is 0.480 e. The van der Waals surface area contributed by atoms with Gasteiger partial charge in [0.1, 0.15) is 18.7 Å². The minimum atomic E-state index is -1.37. The van der Waals surface area contributed by atoms with Crippen LogP contribution in [0.1, 0.15) is 29.2 Å². The Morgan fingerprint density at radius 2 is 1.65 bits per heavy atom. The summed E-state index contributed by atoms with van der Waals surface area (Å²) in [5.74, 6) is -2.04. The molecule has 4 N–H and O–H groups in total. The SMILES string of the molecule is Cc1ccc(C[C@@H](NC(=O)[C@@H](NC(=O)OCc2ccccc2)[C@@H](C)O)C(=O)O)cc1C. The molecule has 0 aliphatic rings. The van der Waals surface area contributed by atoms with Gasteiger partial charge in [-0.25, -0.2) is 9.59 Å². The van der Waals surface area contributed by atoms with E-state index in [0.29, 0.717) is 0 Å². The number of aliphatic carboxylic acids is 1. The predicted octanol–water partition coefficient (Wildman–Crippen LogP) is 2.09. The van der Waals surface area contributed by atoms with Crippen molar-refractivity contribution in [3.63, 3.8) is 0 Å². The van der Waals surface area contributed by atoms with Crippen LogP contribution >= 0.6 is 0 Å². The van der Waals surface area contributed by atoms with E-state index in [9.17, 15) is 24.6 Å². The molecule has 0 spiro atoms. The Kier molecular flexibility index (Phi) is 8.57. The van der Waals surface area contributed by atoms with Gasteiger partial charge in [-0.05, 0) is 43.0 Å². The number of aliphatic hydroxyl groups is 1. The average Bonchev–Trinajstić information content (AvgIpc) is 2.73. The van der Waals surface area contributed by atoms with Gasteiger partial charge < -0.3 is 25.6 Å². The first kappa shape index (κ1) is 23.9. The number of hydrogen-bond donors (Lipinski definition) is 4. The van der Waals surface area contributed by atoms with E-state index in [4.69, 9.17) is 4.74 Å². The molecule has 0 heterocycles. The lowest BCUT2D eigenvalue weighted by Gasteiger charge is -2.23. The Bertz CT molecular complexity index is 914. The number of benzene rings is 2. The zero-order valence-electron chi connectivity index (χ0n) is 17.8. The summed E-state index contributed by atoms with van der Waals surface area (Å²) in [6, 6.07) is 11.9. The summed E-state index contributed by atoms with van der Waals surface area (Å²) >= 11 is 0. The van der Waals surface area contributed by atoms with Gasteiger partial charge in [-0.15, -0.1) is 0 Å². The summed E-state index contributed by atoms with van der Waals surface area (Å²) in [4.78, 5) is 36.4. The van der Waals surface area contributed by atoms with Crippen molar-refractivity contribution in [1.82, 2.24) is 10.6 Å². The lowest BCUT2D eigenvalue weighted by atomic mass is 10.0. The van der Waals surface area contributed by atoms with Crippen LogP contribution < -0.4 is 10.6 Å². The number of ether oxygens (including phenoxy) is 1. The van der Waals surface area contributed by atoms with Crippen LogP contribution in [0.4, 0.5) is 4.79 Å². The molecule has 0 aromatic heterocycles. The molecule has 0 aliphatic carbocycles. The van der Waals surface area contributed by atoms with Crippen LogP contribution in [0, 0.1) is 13.8 Å². The summed E-state index contributed by atoms with van der Waals surface area (Å²) < 4.78 is 5.07. The van der Waals surface area contributed by atoms with E-state index in [-0.39, 0.29) is 13.0 Å². The molecule has 8 nitrogen and oxygen atoms in total. The number of carboxylic acids is 1. The average molecular weight is 428 g/mol. The van der Waals surface area contributed by atoms with Crippen LogP contribution in [0.15, 0.2) is 48.5 Å². The Morgan fingerprint density at radius 1 is 0.968 bits per heavy atom. The zero-order chi connectivity index (χ0) is 23.0. The van der Waals surface area contributed by atoms with E-state index >= 15 is 0 Å². The molecule has 8 heteroatoms. The number of rotatable bonds is 9. The van der Waals surface area contributed by atoms with Crippen molar-refractivity contribution < 1.29 is 29.3 Å². The number of aliphatic hydroxyl groups excluding tert-OH is 1. The first-order valence-electron chi connectivity index (χ1n) is 9.92. The Hall–Kier alpha value is -3.39. The molecule has 0 radical (unpaired) electrons. The fraction of sp³-hybridized carbons (Fsp3) is 0.348. The number of nitrogens with one attached hydrogen (secondary N) is 2. The molecule has 2 amide bonds. The highest BCUT2D eigenvalue weighted by Gasteiger charge is 2.30. The fourth-order valence-electron chi connectivity index (χ4n) is 2.92. The van der Waals surface area contributed by atoms with E-state index in [1.54, 1.807) is 30.3 Å². The van der Waals surface area contributed by atoms with Gasteiger partial charge in [0.25, 0.3) is 0 Å². The molecular formula is C23H28N2O6. The molecule has 0 bridgehead atoms. The highest BCUT2D eigenvalue weighted by atomic mass is 16.5. The molecule has 0 saturated heterocycles. The third-order valence-corrected chi connectivity index (χ3v) is 4.88. The van der Waals surface area contributed by atoms with Gasteiger partial charge in [-0.3, -0.25) is 4.79 Å². The standard InChI is InChI=1S/C23H28N2O6/c1-14-9-10-18(11-15(14)2)12-19(22(28)29)24-21(27)20(16(3)26)25-23(30)31-13-17-7-5-4-6-8-17/h4-11,16,19-20,26H,12-13H2,1-3H3,(H,24,27)(H,25,30)(H,28,29)/t16-,19-,20+/m1/s1. The van der Waals surface area contributed by atoms with E-state index in [1.807, 2.05) is 32.0 Å². The van der Waals surface area contributed by atoms with Gasteiger partial charge in [-0.1, -0.05) is 48.5 Å². The van der Waals surface area contributed by atoms with Crippen molar-refractivity contribution in [2.24, 2.45) is 0 Å². The second-order valence-electron chi connectivity index (χ2n) is 7.45. The van der Waals surface area contributed by atoms with Crippen LogP contribution in [0.3, 0.4) is 0 Å². The third kappa shape index (κ3) is 7.42. The number of carbonyl (C=O) groups excluding carboxylic acids is 2. The summed E-state index contributed by atoms with van der Waals surface area (Å²) in [6.45, 7) is 5.18. The number of aryl methyl sites for hydroxylation is 2. The summed E-state index contributed by atoms with van der Waals surface area (Å²) in [5, 5.41) is 24.2. The number of carbonyl (C=O) groups is 3. The fourth-order valence-corrected chi connectivity index (χ4v) is 2.92. The molecule has 2 aromatic carbocycles. The van der Waals surface area contributed by atoms with Crippen LogP contribution in [0.2, 0.25) is 0 Å². The van der Waals surface area contributed by atoms with Crippen LogP contribution in [0.25, 0.3) is 0 Å². The van der Waals surface area contributed by atoms with Crippen LogP contribution in [0.5, 0.6) is 0 Å². The maximum absolute atomic E-state index is 12.6. The molecule has 2 rings (SSSR count). The summed E-state index contributed by atoms with van der Waals surface area (Å²) in [7, 11) is 0. The van der Waals surface area contributed by atoms with E-state index < -0.39 is 36.2 Å². The van der Waals surface area contributed by atoms with Gasteiger partial charge in [0, 0.05) is 6.42 Å². The highest BCUT2D eigenvalue weighted by Crippen LogP contribution is 2.12. The molecule has 0 saturated carbocycles. The first-order chi connectivity index (χ1) is 14.7. The third-order valence-electron chi connectivity index (χ3n) is 4.88. The second kappa shape index (κ2) is 11.1. The summed E-state index contributed by atoms with van der Waals surface area (Å²) in [5.41, 5.74) is 3.60. The van der Waals surface area contributed by atoms with Gasteiger partial charge >= 0.3 is 12.1 Å². The smallest absolute Gasteiger partial charge is 0.408 e. The molecule has 0 fully saturated rings. The van der Waals surface area contributed by atoms with Crippen molar-refractivity contribution in [1.29, 1.82) is 0 Å². The first-order valence-corrected chi connectivity index (χ1v) is 9.92. The molecule has 2 aromatic rings. The van der Waals surface area contributed by atoms with Crippen LogP contribution in [-0.4, -0.2) is 46.4 Å². The number of hydrogen-bond acceptors (Lipinski definition) is 5. The molecule has 3 atom stereocenters. The van der Waals surface area contributed by atoms with E-state index in [0.717, 1.165) is 22.3 Å². The second-order valence-corrected chi connectivity index (χ2v) is 7.45. The number of amides is 2. The molecule has 0 aliphatic heterocycles. The van der Waals surface area contributed by atoms with Crippen molar-refractivity contribution in [2.45, 2.75) is 52.0 Å². The quantitative estimate of drug-likeness (QED) is 0.485. The van der Waals surface area contributed by atoms with Gasteiger partial charge in [-0.2, -0.15) is 0 Å². The highest BCUT2D eigenvalue weighted by molar-refractivity contribution is 5.89. The maximum Gasteiger partial charge on any atom is 0.408 e. The van der Waals surface area contributed by atoms with Gasteiger partial charge in [0.05, 0.1) is 6.10 Å². The van der Waals surface area contributed by atoms with E-state index in [1.165, 1.54) is 6.92 Å². The maximum atomic E-state index is 12.6. The molecule has 166 valence electrons. The van der Waals surface area contributed by atoms with Gasteiger partial charge in [0.2, 0.25) is 5.91 Å². The van der Waals surface area contributed by atoms with Crippen LogP contribution in [-0.2, 0) is 27.4 Å². The number of carboxylic acid groups (broad SMARTS) is 1. The topological polar surface area (TPSA) is 125 Å². The molecule has 0 unspecified atom stereocenters. The zero-order valence-corrected chi connectivity index (χ0v) is 17.8. The Morgan fingerprint density at radius 3 is 2.23 bits per heavy atom. The van der Waals surface area contributed by atoms with Gasteiger partial charge in [0.15, 0.2) is 0 Å². The van der Waals surface area contributed by atoms with Crippen molar-refractivity contribution in [3.05, 3.63) is 70.8 Å². The lowest BCUT2D eigenvalue weighted by molar-refractivity contribution is -0.142. The number of alkyl carbamates (subject to hydrolysis) is 1. The van der Waals surface area contributed by atoms with Crippen molar-refractivity contribution in [2.75, 3.05) is 0 Å². The van der Waals surface area contributed by atoms with Crippen molar-refractivity contribution in [3.8, 4) is 0 Å². The van der Waals surface area contributed by atoms with E-state index in [2.05, 4.69) is 10.6 Å². The molecule has 31 heavy (non-hydrogen) atoms. The molecular weight excluding hydrogens is 400 g/mol. The predicted molar refractivity (Wildman–Crippen MR) is 114 cm³/mol. The lowest BCUT2D eigenvalue weighted by Crippen LogP contribution is -2.56.